The maximum atomic E-state index is 11.6. The van der Waals surface area contributed by atoms with Gasteiger partial charge < -0.3 is 9.80 Å². The third-order valence-corrected chi connectivity index (χ3v) is 3.71. The van der Waals surface area contributed by atoms with Gasteiger partial charge in [0.25, 0.3) is 0 Å². The summed E-state index contributed by atoms with van der Waals surface area (Å²) in [5, 5.41) is 8.78. The number of carbonyl (C=O) groups is 1. The van der Waals surface area contributed by atoms with E-state index in [1.54, 1.807) is 31.3 Å². The van der Waals surface area contributed by atoms with E-state index in [1.165, 1.54) is 0 Å². The molecule has 0 aliphatic carbocycles. The average molecular weight is 287 g/mol. The summed E-state index contributed by atoms with van der Waals surface area (Å²) in [4.78, 5) is 22.1. The number of nitriles is 1. The number of rotatable bonds is 4. The van der Waals surface area contributed by atoms with Gasteiger partial charge in [-0.25, -0.2) is 4.98 Å². The summed E-state index contributed by atoms with van der Waals surface area (Å²) in [6.45, 7) is 4.47. The van der Waals surface area contributed by atoms with Gasteiger partial charge in [-0.2, -0.15) is 5.26 Å². The molecule has 6 nitrogen and oxygen atoms in total. The fraction of sp³-hybridized carbons (Fsp3) is 0.533. The minimum absolute atomic E-state index is 0.172. The van der Waals surface area contributed by atoms with Crippen molar-refractivity contribution in [2.75, 3.05) is 51.7 Å². The third-order valence-electron chi connectivity index (χ3n) is 3.71. The van der Waals surface area contributed by atoms with Crippen LogP contribution in [0.25, 0.3) is 0 Å². The van der Waals surface area contributed by atoms with Gasteiger partial charge >= 0.3 is 0 Å². The predicted octanol–water partition coefficient (Wildman–Crippen LogP) is 0.554. The lowest BCUT2D eigenvalue weighted by Gasteiger charge is -2.35. The first-order valence-corrected chi connectivity index (χ1v) is 7.14. The first kappa shape index (κ1) is 15.3. The molecule has 0 N–H and O–H groups in total. The fourth-order valence-corrected chi connectivity index (χ4v) is 2.32. The summed E-state index contributed by atoms with van der Waals surface area (Å²) in [5.74, 6) is 1.09. The molecule has 1 amide bonds. The highest BCUT2D eigenvalue weighted by Crippen LogP contribution is 2.14. The van der Waals surface area contributed by atoms with E-state index < -0.39 is 0 Å². The normalized spacial score (nSPS) is 15.6. The Hall–Kier alpha value is -2.13. The molecule has 0 radical (unpaired) electrons. The molecule has 0 atom stereocenters. The fourth-order valence-electron chi connectivity index (χ4n) is 2.32. The van der Waals surface area contributed by atoms with Crippen molar-refractivity contribution in [1.82, 2.24) is 14.8 Å². The van der Waals surface area contributed by atoms with E-state index in [9.17, 15) is 4.79 Å². The molecule has 21 heavy (non-hydrogen) atoms. The van der Waals surface area contributed by atoms with E-state index in [2.05, 4.69) is 20.9 Å². The van der Waals surface area contributed by atoms with E-state index in [-0.39, 0.29) is 5.91 Å². The van der Waals surface area contributed by atoms with Gasteiger partial charge in [-0.15, -0.1) is 0 Å². The number of hydrogen-bond donors (Lipinski definition) is 0. The van der Waals surface area contributed by atoms with Crippen LogP contribution in [-0.2, 0) is 4.79 Å². The molecule has 0 bridgehead atoms. The molecule has 0 unspecified atom stereocenters. The lowest BCUT2D eigenvalue weighted by molar-refractivity contribution is -0.129. The number of aromatic nitrogens is 1. The topological polar surface area (TPSA) is 63.5 Å². The van der Waals surface area contributed by atoms with Crippen LogP contribution in [0.15, 0.2) is 18.3 Å². The number of pyridine rings is 1. The van der Waals surface area contributed by atoms with Gasteiger partial charge in [0.2, 0.25) is 5.91 Å². The van der Waals surface area contributed by atoms with Gasteiger partial charge in [0, 0.05) is 59.4 Å². The number of carbonyl (C=O) groups excluding carboxylic acids is 1. The molecule has 1 aliphatic rings. The van der Waals surface area contributed by atoms with Gasteiger partial charge in [0.15, 0.2) is 0 Å². The zero-order valence-electron chi connectivity index (χ0n) is 12.6. The number of piperazine rings is 1. The summed E-state index contributed by atoms with van der Waals surface area (Å²) >= 11 is 0. The first-order valence-electron chi connectivity index (χ1n) is 7.14. The summed E-state index contributed by atoms with van der Waals surface area (Å²) in [5.41, 5.74) is 0.583. The quantitative estimate of drug-likeness (QED) is 0.809. The molecular weight excluding hydrogens is 266 g/mol. The summed E-state index contributed by atoms with van der Waals surface area (Å²) in [6.07, 6.45) is 2.18. The second kappa shape index (κ2) is 7.04. The molecule has 1 fully saturated rings. The second-order valence-corrected chi connectivity index (χ2v) is 5.38. The Bertz CT molecular complexity index is 512. The minimum Gasteiger partial charge on any atom is -0.354 e. The smallest absolute Gasteiger partial charge is 0.223 e. The van der Waals surface area contributed by atoms with Crippen LogP contribution in [0, 0.1) is 11.3 Å². The van der Waals surface area contributed by atoms with E-state index in [4.69, 9.17) is 5.26 Å². The minimum atomic E-state index is 0.172. The molecule has 0 spiro atoms. The lowest BCUT2D eigenvalue weighted by atomic mass is 10.2. The molecule has 0 aromatic carbocycles. The highest BCUT2D eigenvalue weighted by atomic mass is 16.2. The van der Waals surface area contributed by atoms with Crippen molar-refractivity contribution in [3.8, 4) is 6.07 Å². The van der Waals surface area contributed by atoms with Crippen LogP contribution in [0.3, 0.4) is 0 Å². The van der Waals surface area contributed by atoms with Crippen LogP contribution in [0.5, 0.6) is 0 Å². The predicted molar refractivity (Wildman–Crippen MR) is 80.9 cm³/mol. The number of hydrogen-bond acceptors (Lipinski definition) is 5. The standard InChI is InChI=1S/C15H21N5O/c1-18(2)15(21)5-6-19-7-9-20(10-8-19)14-4-3-13(11-16)12-17-14/h3-4,12H,5-10H2,1-2H3. The average Bonchev–Trinajstić information content (AvgIpc) is 2.53. The summed E-state index contributed by atoms with van der Waals surface area (Å²) < 4.78 is 0. The Balaban J connectivity index is 1.80. The largest absolute Gasteiger partial charge is 0.354 e. The van der Waals surface area contributed by atoms with Crippen LogP contribution in [0.1, 0.15) is 12.0 Å². The zero-order chi connectivity index (χ0) is 15.2. The molecule has 0 saturated carbocycles. The van der Waals surface area contributed by atoms with Crippen molar-refractivity contribution in [1.29, 1.82) is 5.26 Å². The van der Waals surface area contributed by atoms with Gasteiger partial charge in [0.1, 0.15) is 11.9 Å². The van der Waals surface area contributed by atoms with Crippen LogP contribution in [-0.4, -0.2) is 67.5 Å². The molecule has 6 heteroatoms. The van der Waals surface area contributed by atoms with Crippen molar-refractivity contribution in [2.45, 2.75) is 6.42 Å². The second-order valence-electron chi connectivity index (χ2n) is 5.38. The van der Waals surface area contributed by atoms with Crippen molar-refractivity contribution < 1.29 is 4.79 Å². The van der Waals surface area contributed by atoms with Crippen LogP contribution in [0.4, 0.5) is 5.82 Å². The van der Waals surface area contributed by atoms with Crippen molar-refractivity contribution in [3.05, 3.63) is 23.9 Å². The highest BCUT2D eigenvalue weighted by Gasteiger charge is 2.18. The molecule has 1 aromatic rings. The Labute approximate surface area is 125 Å². The Morgan fingerprint density at radius 2 is 2.05 bits per heavy atom. The first-order chi connectivity index (χ1) is 10.1. The number of amides is 1. The molecular formula is C15H21N5O. The summed E-state index contributed by atoms with van der Waals surface area (Å²) in [7, 11) is 3.58. The molecule has 112 valence electrons. The van der Waals surface area contributed by atoms with Gasteiger partial charge in [0.05, 0.1) is 5.56 Å². The van der Waals surface area contributed by atoms with Crippen molar-refractivity contribution in [2.24, 2.45) is 0 Å². The van der Waals surface area contributed by atoms with Gasteiger partial charge in [-0.05, 0) is 12.1 Å². The van der Waals surface area contributed by atoms with Crippen LogP contribution < -0.4 is 4.90 Å². The Morgan fingerprint density at radius 1 is 1.33 bits per heavy atom. The molecule has 2 heterocycles. The highest BCUT2D eigenvalue weighted by molar-refractivity contribution is 5.75. The molecule has 1 aliphatic heterocycles. The molecule has 1 saturated heterocycles. The van der Waals surface area contributed by atoms with Gasteiger partial charge in [-0.3, -0.25) is 9.69 Å². The van der Waals surface area contributed by atoms with Gasteiger partial charge in [-0.1, -0.05) is 0 Å². The monoisotopic (exact) mass is 287 g/mol. The Kier molecular flexibility index (Phi) is 5.12. The number of anilines is 1. The van der Waals surface area contributed by atoms with Crippen molar-refractivity contribution >= 4 is 11.7 Å². The molecule has 2 rings (SSSR count). The SMILES string of the molecule is CN(C)C(=O)CCN1CCN(c2ccc(C#N)cn2)CC1. The van der Waals surface area contributed by atoms with E-state index >= 15 is 0 Å². The maximum Gasteiger partial charge on any atom is 0.223 e. The lowest BCUT2D eigenvalue weighted by Crippen LogP contribution is -2.47. The van der Waals surface area contributed by atoms with E-state index in [0.29, 0.717) is 12.0 Å². The van der Waals surface area contributed by atoms with E-state index in [0.717, 1.165) is 38.5 Å². The summed E-state index contributed by atoms with van der Waals surface area (Å²) in [6, 6.07) is 5.76. The molecule has 1 aromatic heterocycles. The van der Waals surface area contributed by atoms with Crippen LogP contribution >= 0.6 is 0 Å². The van der Waals surface area contributed by atoms with Crippen LogP contribution in [0.2, 0.25) is 0 Å². The maximum absolute atomic E-state index is 11.6. The number of nitrogens with zero attached hydrogens (tertiary/aromatic N) is 5. The zero-order valence-corrected chi connectivity index (χ0v) is 12.6. The van der Waals surface area contributed by atoms with Crippen molar-refractivity contribution in [3.63, 3.8) is 0 Å². The third kappa shape index (κ3) is 4.17. The van der Waals surface area contributed by atoms with E-state index in [1.807, 2.05) is 6.07 Å². The Morgan fingerprint density at radius 3 is 2.57 bits per heavy atom.